The third-order valence-electron chi connectivity index (χ3n) is 5.54. The lowest BCUT2D eigenvalue weighted by Gasteiger charge is -2.09. The molecule has 0 atom stereocenters. The molecule has 0 aliphatic carbocycles. The Labute approximate surface area is 209 Å². The van der Waals surface area contributed by atoms with Crippen LogP contribution in [0.2, 0.25) is 0 Å². The van der Waals surface area contributed by atoms with E-state index in [0.717, 1.165) is 10.1 Å². The number of nitrogens with one attached hydrogen (secondary N) is 1. The van der Waals surface area contributed by atoms with Gasteiger partial charge in [0.1, 0.15) is 35.4 Å². The van der Waals surface area contributed by atoms with E-state index in [9.17, 15) is 19.7 Å². The van der Waals surface area contributed by atoms with E-state index in [1.165, 1.54) is 35.4 Å². The number of amides is 1. The summed E-state index contributed by atoms with van der Waals surface area (Å²) in [6, 6.07) is 20.5. The van der Waals surface area contributed by atoms with Gasteiger partial charge in [-0.2, -0.15) is 5.10 Å². The van der Waals surface area contributed by atoms with Gasteiger partial charge in [0.2, 0.25) is 5.91 Å². The van der Waals surface area contributed by atoms with Crippen LogP contribution in [0.4, 0.5) is 11.4 Å². The Balaban J connectivity index is 1.31. The second-order valence-corrected chi connectivity index (χ2v) is 8.21. The molecule has 2 heterocycles. The molecule has 0 saturated carbocycles. The number of carbonyl (C=O) groups excluding carboxylic acids is 1. The second-order valence-electron chi connectivity index (χ2n) is 8.21. The molecule has 0 unspecified atom stereocenters. The normalized spacial score (nSPS) is 10.8. The quantitative estimate of drug-likeness (QED) is 0.263. The average Bonchev–Trinajstić information content (AvgIpc) is 3.32. The third kappa shape index (κ3) is 4.91. The van der Waals surface area contributed by atoms with E-state index >= 15 is 0 Å². The molecule has 5 rings (SSSR count). The van der Waals surface area contributed by atoms with E-state index in [1.54, 1.807) is 30.3 Å². The van der Waals surface area contributed by atoms with Crippen molar-refractivity contribution in [1.82, 2.24) is 19.3 Å². The van der Waals surface area contributed by atoms with E-state index < -0.39 is 16.4 Å². The van der Waals surface area contributed by atoms with Crippen LogP contribution >= 0.6 is 0 Å². The molecule has 5 aromatic rings. The topological polar surface area (TPSA) is 134 Å². The lowest BCUT2D eigenvalue weighted by atomic mass is 10.2. The highest BCUT2D eigenvalue weighted by Crippen LogP contribution is 2.25. The molecule has 11 heteroatoms. The van der Waals surface area contributed by atoms with E-state index in [1.807, 2.05) is 31.2 Å². The number of para-hydroxylation sites is 2. The average molecular weight is 496 g/mol. The smallest absolute Gasteiger partial charge is 0.294 e. The molecule has 0 radical (unpaired) electrons. The standard InChI is InChI=1S/C26H20N6O5/c1-17-5-4-6-20(13-17)37-19-11-9-18(10-12-19)29-24(33)15-30-16-27-25-21(26(30)34)14-28-31(25)22-7-2-3-8-23(22)32(35)36/h2-14,16H,15H2,1H3,(H,29,33). The van der Waals surface area contributed by atoms with E-state index in [-0.39, 0.29) is 29.0 Å². The molecule has 0 fully saturated rings. The highest BCUT2D eigenvalue weighted by molar-refractivity contribution is 5.90. The maximum absolute atomic E-state index is 13.0. The van der Waals surface area contributed by atoms with E-state index in [4.69, 9.17) is 4.74 Å². The van der Waals surface area contributed by atoms with Crippen LogP contribution in [0.5, 0.6) is 11.5 Å². The van der Waals surface area contributed by atoms with Crippen molar-refractivity contribution < 1.29 is 14.5 Å². The van der Waals surface area contributed by atoms with Crippen LogP contribution in [0.3, 0.4) is 0 Å². The molecule has 184 valence electrons. The fraction of sp³-hybridized carbons (Fsp3) is 0.0769. The highest BCUT2D eigenvalue weighted by Gasteiger charge is 2.19. The molecule has 37 heavy (non-hydrogen) atoms. The van der Waals surface area contributed by atoms with Gasteiger partial charge < -0.3 is 10.1 Å². The molecular weight excluding hydrogens is 476 g/mol. The summed E-state index contributed by atoms with van der Waals surface area (Å²) in [7, 11) is 0. The van der Waals surface area contributed by atoms with Crippen molar-refractivity contribution in [2.24, 2.45) is 0 Å². The maximum Gasteiger partial charge on any atom is 0.294 e. The number of aromatic nitrogens is 4. The summed E-state index contributed by atoms with van der Waals surface area (Å²) in [5.41, 5.74) is 1.28. The molecule has 0 aliphatic rings. The van der Waals surface area contributed by atoms with E-state index in [2.05, 4.69) is 15.4 Å². The number of nitro benzene ring substituents is 1. The van der Waals surface area contributed by atoms with Gasteiger partial charge in [-0.25, -0.2) is 9.67 Å². The minimum atomic E-state index is -0.532. The number of anilines is 1. The van der Waals surface area contributed by atoms with Crippen molar-refractivity contribution in [3.8, 4) is 17.2 Å². The summed E-state index contributed by atoms with van der Waals surface area (Å²) in [6.45, 7) is 1.70. The molecule has 0 bridgehead atoms. The number of rotatable bonds is 7. The van der Waals surface area contributed by atoms with Crippen LogP contribution in [0.25, 0.3) is 16.7 Å². The molecule has 0 saturated heterocycles. The lowest BCUT2D eigenvalue weighted by Crippen LogP contribution is -2.27. The van der Waals surface area contributed by atoms with Crippen LogP contribution in [-0.4, -0.2) is 30.2 Å². The summed E-state index contributed by atoms with van der Waals surface area (Å²) in [5.74, 6) is 0.899. The van der Waals surface area contributed by atoms with Crippen molar-refractivity contribution in [2.75, 3.05) is 5.32 Å². The van der Waals surface area contributed by atoms with Crippen LogP contribution < -0.4 is 15.6 Å². The van der Waals surface area contributed by atoms with Crippen LogP contribution in [0, 0.1) is 17.0 Å². The molecule has 1 amide bonds. The van der Waals surface area contributed by atoms with Gasteiger partial charge in [0.05, 0.1) is 11.1 Å². The Morgan fingerprint density at radius 1 is 1.05 bits per heavy atom. The highest BCUT2D eigenvalue weighted by atomic mass is 16.6. The Hall–Kier alpha value is -5.32. The second kappa shape index (κ2) is 9.74. The van der Waals surface area contributed by atoms with Crippen LogP contribution in [0.1, 0.15) is 5.56 Å². The Morgan fingerprint density at radius 3 is 2.59 bits per heavy atom. The largest absolute Gasteiger partial charge is 0.457 e. The zero-order chi connectivity index (χ0) is 25.9. The Bertz CT molecular complexity index is 1690. The van der Waals surface area contributed by atoms with Gasteiger partial charge in [0.15, 0.2) is 5.65 Å². The van der Waals surface area contributed by atoms with Gasteiger partial charge in [-0.1, -0.05) is 24.3 Å². The minimum absolute atomic E-state index is 0.131. The van der Waals surface area contributed by atoms with Crippen molar-refractivity contribution in [3.63, 3.8) is 0 Å². The fourth-order valence-electron chi connectivity index (χ4n) is 3.81. The number of nitrogens with zero attached hydrogens (tertiary/aromatic N) is 5. The van der Waals surface area contributed by atoms with Crippen molar-refractivity contribution in [1.29, 1.82) is 0 Å². The predicted molar refractivity (Wildman–Crippen MR) is 136 cm³/mol. The third-order valence-corrected chi connectivity index (χ3v) is 5.54. The van der Waals surface area contributed by atoms with E-state index in [0.29, 0.717) is 17.2 Å². The first kappa shape index (κ1) is 23.4. The van der Waals surface area contributed by atoms with Crippen LogP contribution in [0.15, 0.2) is 90.1 Å². The van der Waals surface area contributed by atoms with Crippen molar-refractivity contribution >= 4 is 28.3 Å². The first-order valence-corrected chi connectivity index (χ1v) is 11.2. The monoisotopic (exact) mass is 496 g/mol. The first-order chi connectivity index (χ1) is 17.9. The zero-order valence-corrected chi connectivity index (χ0v) is 19.6. The molecular formula is C26H20N6O5. The molecule has 11 nitrogen and oxygen atoms in total. The van der Waals surface area contributed by atoms with Gasteiger partial charge in [-0.15, -0.1) is 0 Å². The lowest BCUT2D eigenvalue weighted by molar-refractivity contribution is -0.384. The Morgan fingerprint density at radius 2 is 1.84 bits per heavy atom. The first-order valence-electron chi connectivity index (χ1n) is 11.2. The molecule has 0 aliphatic heterocycles. The summed E-state index contributed by atoms with van der Waals surface area (Å²) in [5, 5.41) is 18.4. The van der Waals surface area contributed by atoms with Crippen LogP contribution in [-0.2, 0) is 11.3 Å². The number of carbonyl (C=O) groups is 1. The molecule has 1 N–H and O–H groups in total. The van der Waals surface area contributed by atoms with Crippen molar-refractivity contribution in [2.45, 2.75) is 13.5 Å². The van der Waals surface area contributed by atoms with Gasteiger partial charge >= 0.3 is 0 Å². The zero-order valence-electron chi connectivity index (χ0n) is 19.6. The Kier molecular flexibility index (Phi) is 6.17. The fourth-order valence-corrected chi connectivity index (χ4v) is 3.81. The number of ether oxygens (including phenoxy) is 1. The summed E-state index contributed by atoms with van der Waals surface area (Å²) in [4.78, 5) is 40.7. The number of hydrogen-bond donors (Lipinski definition) is 1. The summed E-state index contributed by atoms with van der Waals surface area (Å²) >= 11 is 0. The van der Waals surface area contributed by atoms with Gasteiger partial charge in [-0.05, 0) is 55.0 Å². The molecule has 0 spiro atoms. The SMILES string of the molecule is Cc1cccc(Oc2ccc(NC(=O)Cn3cnc4c(cnn4-c4ccccc4[N+](=O)[O-])c3=O)cc2)c1. The number of benzene rings is 3. The number of nitro groups is 1. The number of aryl methyl sites for hydroxylation is 1. The van der Waals surface area contributed by atoms with Gasteiger partial charge in [0.25, 0.3) is 11.2 Å². The van der Waals surface area contributed by atoms with Crippen molar-refractivity contribution in [3.05, 3.63) is 111 Å². The predicted octanol–water partition coefficient (Wildman–Crippen LogP) is 4.23. The van der Waals surface area contributed by atoms with Gasteiger partial charge in [0, 0.05) is 11.8 Å². The number of fused-ring (bicyclic) bond motifs is 1. The summed E-state index contributed by atoms with van der Waals surface area (Å²) < 4.78 is 8.20. The summed E-state index contributed by atoms with van der Waals surface area (Å²) in [6.07, 6.45) is 2.50. The minimum Gasteiger partial charge on any atom is -0.457 e. The van der Waals surface area contributed by atoms with Gasteiger partial charge in [-0.3, -0.25) is 24.3 Å². The molecule has 2 aromatic heterocycles. The maximum atomic E-state index is 13.0. The number of hydrogen-bond acceptors (Lipinski definition) is 7. The molecule has 3 aromatic carbocycles.